The lowest BCUT2D eigenvalue weighted by atomic mass is 10.0. The standard InChI is InChI=1S/C22H22N2O4S/c1-15-7-8-16(2)21(13-15)29(26,27)23-18-9-10-19-17(14-18)5-3-11-24(19)22(25)20-6-4-12-28-20/h4,6-10,12-14,23H,3,5,11H2,1-2H3. The predicted molar refractivity (Wildman–Crippen MR) is 112 cm³/mol. The van der Waals surface area contributed by atoms with Gasteiger partial charge in [-0.05, 0) is 79.8 Å². The van der Waals surface area contributed by atoms with Crippen LogP contribution in [-0.4, -0.2) is 20.9 Å². The largest absolute Gasteiger partial charge is 0.459 e. The van der Waals surface area contributed by atoms with Crippen LogP contribution in [0.5, 0.6) is 0 Å². The van der Waals surface area contributed by atoms with Crippen molar-refractivity contribution in [2.45, 2.75) is 31.6 Å². The summed E-state index contributed by atoms with van der Waals surface area (Å²) in [4.78, 5) is 14.7. The second kappa shape index (κ2) is 7.40. The van der Waals surface area contributed by atoms with E-state index < -0.39 is 10.0 Å². The van der Waals surface area contributed by atoms with Crippen LogP contribution in [0.3, 0.4) is 0 Å². The number of sulfonamides is 1. The van der Waals surface area contributed by atoms with E-state index in [0.717, 1.165) is 29.7 Å². The molecule has 4 rings (SSSR count). The Bertz CT molecular complexity index is 1170. The van der Waals surface area contributed by atoms with Crippen molar-refractivity contribution in [3.05, 3.63) is 77.2 Å². The van der Waals surface area contributed by atoms with Gasteiger partial charge in [0.1, 0.15) is 0 Å². The van der Waals surface area contributed by atoms with Gasteiger partial charge >= 0.3 is 0 Å². The Hall–Kier alpha value is -3.06. The first kappa shape index (κ1) is 19.3. The molecule has 0 radical (unpaired) electrons. The van der Waals surface area contributed by atoms with Crippen molar-refractivity contribution in [1.82, 2.24) is 0 Å². The summed E-state index contributed by atoms with van der Waals surface area (Å²) >= 11 is 0. The molecule has 1 amide bonds. The SMILES string of the molecule is Cc1ccc(C)c(S(=O)(=O)Nc2ccc3c(c2)CCCN3C(=O)c2ccco2)c1. The Morgan fingerprint density at radius 3 is 2.69 bits per heavy atom. The predicted octanol–water partition coefficient (Wildman–Crippen LogP) is 4.29. The van der Waals surface area contributed by atoms with E-state index in [4.69, 9.17) is 4.42 Å². The van der Waals surface area contributed by atoms with Crippen molar-refractivity contribution in [3.63, 3.8) is 0 Å². The van der Waals surface area contributed by atoms with Crippen LogP contribution in [0.25, 0.3) is 0 Å². The molecule has 0 unspecified atom stereocenters. The number of nitrogens with zero attached hydrogens (tertiary/aromatic N) is 1. The summed E-state index contributed by atoms with van der Waals surface area (Å²) in [5.41, 5.74) is 3.77. The average Bonchev–Trinajstić information content (AvgIpc) is 3.23. The normalized spacial score (nSPS) is 13.8. The molecule has 0 spiro atoms. The monoisotopic (exact) mass is 410 g/mol. The van der Waals surface area contributed by atoms with Crippen LogP contribution in [-0.2, 0) is 16.4 Å². The van der Waals surface area contributed by atoms with Gasteiger partial charge in [-0.25, -0.2) is 8.42 Å². The smallest absolute Gasteiger partial charge is 0.293 e. The maximum absolute atomic E-state index is 12.9. The van der Waals surface area contributed by atoms with E-state index in [9.17, 15) is 13.2 Å². The summed E-state index contributed by atoms with van der Waals surface area (Å²) in [6.45, 7) is 4.24. The quantitative estimate of drug-likeness (QED) is 0.696. The number of anilines is 2. The third-order valence-electron chi connectivity index (χ3n) is 5.06. The summed E-state index contributed by atoms with van der Waals surface area (Å²) in [7, 11) is -3.70. The number of furan rings is 1. The molecule has 29 heavy (non-hydrogen) atoms. The van der Waals surface area contributed by atoms with Crippen molar-refractivity contribution in [2.75, 3.05) is 16.2 Å². The average molecular weight is 410 g/mol. The topological polar surface area (TPSA) is 79.6 Å². The molecule has 2 aromatic carbocycles. The maximum atomic E-state index is 12.9. The number of fused-ring (bicyclic) bond motifs is 1. The number of nitrogens with one attached hydrogen (secondary N) is 1. The number of benzene rings is 2. The molecule has 0 fully saturated rings. The number of amides is 1. The van der Waals surface area contributed by atoms with Gasteiger partial charge in [-0.3, -0.25) is 9.52 Å². The number of carbonyl (C=O) groups is 1. The summed E-state index contributed by atoms with van der Waals surface area (Å²) in [6.07, 6.45) is 3.05. The van der Waals surface area contributed by atoms with Crippen LogP contribution >= 0.6 is 0 Å². The highest BCUT2D eigenvalue weighted by Crippen LogP contribution is 2.32. The lowest BCUT2D eigenvalue weighted by Crippen LogP contribution is -2.35. The van der Waals surface area contributed by atoms with E-state index in [2.05, 4.69) is 4.72 Å². The van der Waals surface area contributed by atoms with Crippen LogP contribution in [0.1, 0.15) is 33.7 Å². The van der Waals surface area contributed by atoms with Gasteiger partial charge in [0.2, 0.25) is 0 Å². The van der Waals surface area contributed by atoms with Gasteiger partial charge in [-0.2, -0.15) is 0 Å². The van der Waals surface area contributed by atoms with E-state index in [1.807, 2.05) is 13.0 Å². The van der Waals surface area contributed by atoms with Gasteiger partial charge in [-0.1, -0.05) is 12.1 Å². The number of aryl methyl sites for hydroxylation is 3. The van der Waals surface area contributed by atoms with Gasteiger partial charge in [0.15, 0.2) is 5.76 Å². The Morgan fingerprint density at radius 2 is 1.93 bits per heavy atom. The maximum Gasteiger partial charge on any atom is 0.293 e. The second-order valence-corrected chi connectivity index (χ2v) is 8.91. The molecule has 1 aliphatic heterocycles. The van der Waals surface area contributed by atoms with E-state index in [0.29, 0.717) is 17.8 Å². The van der Waals surface area contributed by atoms with Gasteiger partial charge in [0.05, 0.1) is 11.2 Å². The minimum absolute atomic E-state index is 0.195. The number of carbonyl (C=O) groups excluding carboxylic acids is 1. The minimum Gasteiger partial charge on any atom is -0.459 e. The summed E-state index contributed by atoms with van der Waals surface area (Å²) in [5, 5.41) is 0. The fourth-order valence-electron chi connectivity index (χ4n) is 3.61. The van der Waals surface area contributed by atoms with Crippen LogP contribution < -0.4 is 9.62 Å². The van der Waals surface area contributed by atoms with Crippen LogP contribution in [0.15, 0.2) is 64.1 Å². The first-order valence-electron chi connectivity index (χ1n) is 9.43. The zero-order chi connectivity index (χ0) is 20.6. The number of hydrogen-bond donors (Lipinski definition) is 1. The van der Waals surface area contributed by atoms with Gasteiger partial charge in [0.25, 0.3) is 15.9 Å². The van der Waals surface area contributed by atoms with Gasteiger partial charge in [-0.15, -0.1) is 0 Å². The van der Waals surface area contributed by atoms with Gasteiger partial charge in [0, 0.05) is 17.9 Å². The molecule has 0 saturated carbocycles. The minimum atomic E-state index is -3.70. The molecule has 2 heterocycles. The zero-order valence-electron chi connectivity index (χ0n) is 16.3. The van der Waals surface area contributed by atoms with Crippen molar-refractivity contribution in [2.24, 2.45) is 0 Å². The lowest BCUT2D eigenvalue weighted by Gasteiger charge is -2.29. The highest BCUT2D eigenvalue weighted by atomic mass is 32.2. The Kier molecular flexibility index (Phi) is 4.92. The summed E-state index contributed by atoms with van der Waals surface area (Å²) in [6, 6.07) is 14.0. The molecule has 0 aliphatic carbocycles. The number of hydrogen-bond acceptors (Lipinski definition) is 4. The van der Waals surface area contributed by atoms with E-state index >= 15 is 0 Å². The highest BCUT2D eigenvalue weighted by Gasteiger charge is 2.26. The summed E-state index contributed by atoms with van der Waals surface area (Å²) in [5.74, 6) is 0.0946. The Balaban J connectivity index is 1.63. The number of rotatable bonds is 4. The lowest BCUT2D eigenvalue weighted by molar-refractivity contribution is 0.0958. The molecule has 1 aliphatic rings. The zero-order valence-corrected chi connectivity index (χ0v) is 17.1. The molecule has 0 atom stereocenters. The van der Waals surface area contributed by atoms with E-state index in [1.54, 1.807) is 54.3 Å². The first-order valence-corrected chi connectivity index (χ1v) is 10.9. The third-order valence-corrected chi connectivity index (χ3v) is 6.58. The Labute approximate surface area is 170 Å². The molecule has 1 N–H and O–H groups in total. The molecular weight excluding hydrogens is 388 g/mol. The molecule has 0 bridgehead atoms. The molecule has 1 aromatic heterocycles. The fourth-order valence-corrected chi connectivity index (χ4v) is 4.99. The summed E-state index contributed by atoms with van der Waals surface area (Å²) < 4.78 is 33.7. The fraction of sp³-hybridized carbons (Fsp3) is 0.227. The third kappa shape index (κ3) is 3.78. The van der Waals surface area contributed by atoms with Crippen molar-refractivity contribution >= 4 is 27.3 Å². The van der Waals surface area contributed by atoms with Crippen molar-refractivity contribution in [1.29, 1.82) is 0 Å². The van der Waals surface area contributed by atoms with Crippen molar-refractivity contribution < 1.29 is 17.6 Å². The van der Waals surface area contributed by atoms with Crippen LogP contribution in [0, 0.1) is 13.8 Å². The van der Waals surface area contributed by atoms with E-state index in [1.165, 1.54) is 6.26 Å². The Morgan fingerprint density at radius 1 is 1.10 bits per heavy atom. The van der Waals surface area contributed by atoms with Crippen LogP contribution in [0.2, 0.25) is 0 Å². The molecule has 0 saturated heterocycles. The first-order chi connectivity index (χ1) is 13.8. The highest BCUT2D eigenvalue weighted by molar-refractivity contribution is 7.92. The molecule has 6 nitrogen and oxygen atoms in total. The molecule has 150 valence electrons. The van der Waals surface area contributed by atoms with Gasteiger partial charge < -0.3 is 9.32 Å². The van der Waals surface area contributed by atoms with E-state index in [-0.39, 0.29) is 16.6 Å². The second-order valence-electron chi connectivity index (χ2n) is 7.26. The molecule has 3 aromatic rings. The molecular formula is C22H22N2O4S. The van der Waals surface area contributed by atoms with Crippen LogP contribution in [0.4, 0.5) is 11.4 Å². The van der Waals surface area contributed by atoms with Crippen molar-refractivity contribution in [3.8, 4) is 0 Å². The molecule has 7 heteroatoms.